The lowest BCUT2D eigenvalue weighted by molar-refractivity contribution is -0.127. The molecule has 1 atom stereocenters. The van der Waals surface area contributed by atoms with Crippen molar-refractivity contribution in [2.45, 2.75) is 25.3 Å². The molecule has 0 aliphatic rings. The van der Waals surface area contributed by atoms with Gasteiger partial charge in [0, 0.05) is 12.1 Å². The molecule has 0 bridgehead atoms. The van der Waals surface area contributed by atoms with Crippen molar-refractivity contribution in [1.29, 1.82) is 0 Å². The van der Waals surface area contributed by atoms with Crippen LogP contribution in [0.4, 0.5) is 0 Å². The molecule has 0 fully saturated rings. The Morgan fingerprint density at radius 3 is 2.13 bits per heavy atom. The monoisotopic (exact) mass is 521 g/mol. The van der Waals surface area contributed by atoms with Gasteiger partial charge in [0.1, 0.15) is 6.04 Å². The van der Waals surface area contributed by atoms with E-state index in [2.05, 4.69) is 41.0 Å². The van der Waals surface area contributed by atoms with Crippen molar-refractivity contribution in [3.63, 3.8) is 0 Å². The van der Waals surface area contributed by atoms with E-state index in [9.17, 15) is 14.4 Å². The van der Waals surface area contributed by atoms with Crippen molar-refractivity contribution < 1.29 is 24.4 Å². The molecule has 0 saturated heterocycles. The number of primary amides is 1. The van der Waals surface area contributed by atoms with Crippen molar-refractivity contribution >= 4 is 62.6 Å². The quantitative estimate of drug-likeness (QED) is 0.109. The zero-order chi connectivity index (χ0) is 27.5. The third-order valence-electron chi connectivity index (χ3n) is 7.07. The highest BCUT2D eigenvalue weighted by Crippen LogP contribution is 2.36. The van der Waals surface area contributed by atoms with E-state index in [1.54, 1.807) is 0 Å². The fourth-order valence-corrected chi connectivity index (χ4v) is 5.07. The molecule has 9 heteroatoms. The second-order valence-electron chi connectivity index (χ2n) is 9.67. The lowest BCUT2D eigenvalue weighted by atomic mass is 9.80. The van der Waals surface area contributed by atoms with E-state index in [-0.39, 0.29) is 36.7 Å². The number of carbonyl (C=O) groups is 3. The Kier molecular flexibility index (Phi) is 7.45. The van der Waals surface area contributed by atoms with Crippen LogP contribution in [0.3, 0.4) is 0 Å². The van der Waals surface area contributed by atoms with E-state index >= 15 is 0 Å². The van der Waals surface area contributed by atoms with E-state index in [0.29, 0.717) is 12.0 Å². The van der Waals surface area contributed by atoms with Crippen LogP contribution in [0.25, 0.3) is 32.3 Å². The summed E-state index contributed by atoms with van der Waals surface area (Å²) in [5.74, 6) is -1.27. The number of carbonyl (C=O) groups excluding carboxylic acids is 3. The van der Waals surface area contributed by atoms with Crippen molar-refractivity contribution in [3.8, 4) is 0 Å². The molecule has 0 heterocycles. The molecule has 196 valence electrons. The predicted molar refractivity (Wildman–Crippen MR) is 153 cm³/mol. The first kappa shape index (κ1) is 26.2. The molecule has 0 spiro atoms. The fraction of sp³-hybridized carbons (Fsp3) is 0.167. The molecule has 39 heavy (non-hydrogen) atoms. The van der Waals surface area contributed by atoms with Gasteiger partial charge in [-0.05, 0) is 68.3 Å². The molecule has 5 aromatic carbocycles. The number of hydrogen-bond donors (Lipinski definition) is 5. The van der Waals surface area contributed by atoms with Gasteiger partial charge < -0.3 is 26.4 Å². The Bertz CT molecular complexity index is 1650. The van der Waals surface area contributed by atoms with Crippen LogP contribution in [-0.4, -0.2) is 47.5 Å². The first-order valence-electron chi connectivity index (χ1n) is 12.8. The van der Waals surface area contributed by atoms with E-state index in [1.807, 2.05) is 24.3 Å². The maximum absolute atomic E-state index is 13.0. The average Bonchev–Trinajstić information content (AvgIpc) is 2.94. The number of nitrogens with two attached hydrogens (primary N) is 1. The number of benzene rings is 5. The van der Waals surface area contributed by atoms with Crippen LogP contribution >= 0.6 is 0 Å². The minimum atomic E-state index is -1.60. The Labute approximate surface area is 225 Å². The lowest BCUT2D eigenvalue weighted by Gasteiger charge is -2.17. The summed E-state index contributed by atoms with van der Waals surface area (Å²) in [7, 11) is -1.60. The molecular formula is C30H28BN3O5. The van der Waals surface area contributed by atoms with Crippen molar-refractivity contribution in [3.05, 3.63) is 90.0 Å². The molecule has 0 radical (unpaired) electrons. The second-order valence-corrected chi connectivity index (χ2v) is 9.67. The zero-order valence-corrected chi connectivity index (χ0v) is 21.2. The summed E-state index contributed by atoms with van der Waals surface area (Å²) in [6.07, 6.45) is 0.800. The summed E-state index contributed by atoms with van der Waals surface area (Å²) in [6, 6.07) is 23.5. The van der Waals surface area contributed by atoms with E-state index in [0.717, 1.165) is 32.5 Å². The Morgan fingerprint density at radius 1 is 0.821 bits per heavy atom. The molecule has 0 aliphatic heterocycles. The van der Waals surface area contributed by atoms with Crippen molar-refractivity contribution in [2.24, 2.45) is 5.73 Å². The van der Waals surface area contributed by atoms with Crippen LogP contribution in [0.2, 0.25) is 0 Å². The predicted octanol–water partition coefficient (Wildman–Crippen LogP) is 1.99. The Balaban J connectivity index is 1.20. The van der Waals surface area contributed by atoms with Crippen LogP contribution in [0.5, 0.6) is 0 Å². The Hall–Kier alpha value is -4.47. The molecule has 3 amide bonds. The fourth-order valence-electron chi connectivity index (χ4n) is 5.07. The summed E-state index contributed by atoms with van der Waals surface area (Å²) in [4.78, 5) is 37.3. The van der Waals surface area contributed by atoms with E-state index < -0.39 is 19.1 Å². The molecule has 0 saturated carbocycles. The number of rotatable bonds is 10. The van der Waals surface area contributed by atoms with Gasteiger partial charge in [-0.15, -0.1) is 0 Å². The molecule has 6 N–H and O–H groups in total. The number of hydrogen-bond acceptors (Lipinski definition) is 5. The number of nitrogens with one attached hydrogen (secondary N) is 2. The summed E-state index contributed by atoms with van der Waals surface area (Å²) in [5.41, 5.74) is 7.08. The van der Waals surface area contributed by atoms with Gasteiger partial charge in [0.15, 0.2) is 0 Å². The molecule has 0 aromatic heterocycles. The van der Waals surface area contributed by atoms with Crippen molar-refractivity contribution in [2.75, 3.05) is 6.54 Å². The van der Waals surface area contributed by atoms with E-state index in [4.69, 9.17) is 15.8 Å². The van der Waals surface area contributed by atoms with Gasteiger partial charge in [0.25, 0.3) is 5.91 Å². The summed E-state index contributed by atoms with van der Waals surface area (Å²) in [5, 5.41) is 30.5. The van der Waals surface area contributed by atoms with Crippen molar-refractivity contribution in [1.82, 2.24) is 10.6 Å². The van der Waals surface area contributed by atoms with Gasteiger partial charge >= 0.3 is 7.12 Å². The van der Waals surface area contributed by atoms with Crippen LogP contribution in [0, 0.1) is 0 Å². The minimum Gasteiger partial charge on any atom is -0.423 e. The lowest BCUT2D eigenvalue weighted by Crippen LogP contribution is -2.45. The summed E-state index contributed by atoms with van der Waals surface area (Å²) < 4.78 is 0. The van der Waals surface area contributed by atoms with Crippen LogP contribution in [0.1, 0.15) is 28.8 Å². The second kappa shape index (κ2) is 11.1. The minimum absolute atomic E-state index is 0.104. The highest BCUT2D eigenvalue weighted by Gasteiger charge is 2.20. The van der Waals surface area contributed by atoms with Gasteiger partial charge in [0.05, 0.1) is 6.42 Å². The SMILES string of the molecule is NC(=O)[C@H](CCCNC(=O)c1ccc(B(O)O)cc1)NC(=O)Cc1ccc2ccc3cccc4ccc1c2c34. The van der Waals surface area contributed by atoms with Gasteiger partial charge in [-0.1, -0.05) is 66.7 Å². The van der Waals surface area contributed by atoms with Gasteiger partial charge in [-0.25, -0.2) is 0 Å². The zero-order valence-electron chi connectivity index (χ0n) is 21.2. The van der Waals surface area contributed by atoms with Crippen LogP contribution in [0.15, 0.2) is 78.9 Å². The molecular weight excluding hydrogens is 493 g/mol. The molecule has 0 unspecified atom stereocenters. The van der Waals surface area contributed by atoms with Gasteiger partial charge in [0.2, 0.25) is 11.8 Å². The third kappa shape index (κ3) is 5.55. The van der Waals surface area contributed by atoms with E-state index in [1.165, 1.54) is 29.7 Å². The van der Waals surface area contributed by atoms with Gasteiger partial charge in [-0.2, -0.15) is 0 Å². The van der Waals surface area contributed by atoms with Crippen LogP contribution in [-0.2, 0) is 16.0 Å². The number of amides is 3. The molecule has 0 aliphatic carbocycles. The molecule has 8 nitrogen and oxygen atoms in total. The maximum atomic E-state index is 13.0. The molecule has 5 rings (SSSR count). The normalized spacial score (nSPS) is 12.1. The smallest absolute Gasteiger partial charge is 0.423 e. The highest BCUT2D eigenvalue weighted by molar-refractivity contribution is 6.58. The maximum Gasteiger partial charge on any atom is 0.488 e. The average molecular weight is 521 g/mol. The topological polar surface area (TPSA) is 142 Å². The van der Waals surface area contributed by atoms with Crippen LogP contribution < -0.4 is 21.8 Å². The summed E-state index contributed by atoms with van der Waals surface area (Å²) >= 11 is 0. The van der Waals surface area contributed by atoms with Gasteiger partial charge in [-0.3, -0.25) is 14.4 Å². The molecule has 5 aromatic rings. The third-order valence-corrected chi connectivity index (χ3v) is 7.07. The largest absolute Gasteiger partial charge is 0.488 e. The highest BCUT2D eigenvalue weighted by atomic mass is 16.4. The summed E-state index contributed by atoms with van der Waals surface area (Å²) in [6.45, 7) is 0.276. The standard InChI is InChI=1S/C30H28BN3O5/c32-29(36)25(5-2-16-33-30(37)21-10-13-23(14-11-21)31(38)39)34-26(35)17-22-9-8-20-7-6-18-3-1-4-19-12-15-24(22)28(20)27(18)19/h1,3-4,6-15,25,38-39H,2,5,16-17H2,(H2,32,36)(H,33,37)(H,34,35)/t25-/m0/s1. The Morgan fingerprint density at radius 2 is 1.46 bits per heavy atom. The first-order chi connectivity index (χ1) is 18.8. The first-order valence-corrected chi connectivity index (χ1v) is 12.8.